The van der Waals surface area contributed by atoms with E-state index in [9.17, 15) is 13.5 Å². The van der Waals surface area contributed by atoms with E-state index >= 15 is 0 Å². The van der Waals surface area contributed by atoms with Crippen molar-refractivity contribution in [1.29, 1.82) is 0 Å². The molecule has 0 saturated heterocycles. The van der Waals surface area contributed by atoms with Gasteiger partial charge in [0.05, 0.1) is 18.0 Å². The summed E-state index contributed by atoms with van der Waals surface area (Å²) in [5.41, 5.74) is -0.877. The zero-order valence-electron chi connectivity index (χ0n) is 9.82. The first-order valence-corrected chi connectivity index (χ1v) is 7.13. The molecule has 0 aromatic carbocycles. The van der Waals surface area contributed by atoms with Gasteiger partial charge in [-0.25, -0.2) is 8.42 Å². The van der Waals surface area contributed by atoms with E-state index in [4.69, 9.17) is 4.74 Å². The molecule has 1 atom stereocenters. The van der Waals surface area contributed by atoms with Gasteiger partial charge < -0.3 is 9.84 Å². The number of ether oxygens (including phenoxy) is 1. The molecule has 0 aromatic rings. The number of sulfone groups is 1. The molecule has 0 aliphatic heterocycles. The van der Waals surface area contributed by atoms with Gasteiger partial charge in [0.1, 0.15) is 9.84 Å². The van der Waals surface area contributed by atoms with Crippen LogP contribution in [0.2, 0.25) is 0 Å². The van der Waals surface area contributed by atoms with Gasteiger partial charge in [-0.3, -0.25) is 0 Å². The highest BCUT2D eigenvalue weighted by atomic mass is 32.2. The van der Waals surface area contributed by atoms with Gasteiger partial charge in [-0.2, -0.15) is 0 Å². The molecule has 0 amide bonds. The van der Waals surface area contributed by atoms with E-state index in [0.717, 1.165) is 0 Å². The third kappa shape index (κ3) is 6.12. The summed E-state index contributed by atoms with van der Waals surface area (Å²) in [4.78, 5) is 0. The molecule has 0 saturated carbocycles. The fourth-order valence-corrected chi connectivity index (χ4v) is 2.26. The monoisotopic (exact) mass is 238 g/mol. The van der Waals surface area contributed by atoms with Crippen molar-refractivity contribution >= 4 is 9.84 Å². The molecule has 4 nitrogen and oxygen atoms in total. The quantitative estimate of drug-likeness (QED) is 0.685. The highest BCUT2D eigenvalue weighted by Gasteiger charge is 2.24. The van der Waals surface area contributed by atoms with Gasteiger partial charge in [-0.15, -0.1) is 0 Å². The molecule has 0 spiro atoms. The standard InChI is InChI=1S/C10H22O4S/c1-4-10(11,9-14-3)7-6-8-15(12,13)5-2/h11H,4-9H2,1-3H3. The first-order chi connectivity index (χ1) is 6.89. The molecule has 15 heavy (non-hydrogen) atoms. The summed E-state index contributed by atoms with van der Waals surface area (Å²) in [6.45, 7) is 3.76. The van der Waals surface area contributed by atoms with Gasteiger partial charge in [0.15, 0.2) is 0 Å². The van der Waals surface area contributed by atoms with E-state index < -0.39 is 15.4 Å². The van der Waals surface area contributed by atoms with Gasteiger partial charge >= 0.3 is 0 Å². The Bertz CT molecular complexity index is 261. The fourth-order valence-electron chi connectivity index (χ4n) is 1.39. The predicted octanol–water partition coefficient (Wildman–Crippen LogP) is 0.989. The summed E-state index contributed by atoms with van der Waals surface area (Å²) >= 11 is 0. The first kappa shape index (κ1) is 14.9. The maximum absolute atomic E-state index is 11.2. The Morgan fingerprint density at radius 2 is 1.93 bits per heavy atom. The summed E-state index contributed by atoms with van der Waals surface area (Å²) in [7, 11) is -1.39. The summed E-state index contributed by atoms with van der Waals surface area (Å²) in [6.07, 6.45) is 1.54. The van der Waals surface area contributed by atoms with Gasteiger partial charge in [-0.05, 0) is 19.3 Å². The molecule has 0 radical (unpaired) electrons. The summed E-state index contributed by atoms with van der Waals surface area (Å²) in [6, 6.07) is 0. The van der Waals surface area contributed by atoms with Crippen LogP contribution in [-0.2, 0) is 14.6 Å². The molecule has 0 aliphatic carbocycles. The molecular weight excluding hydrogens is 216 g/mol. The molecule has 92 valence electrons. The lowest BCUT2D eigenvalue weighted by Gasteiger charge is -2.25. The van der Waals surface area contributed by atoms with Crippen molar-refractivity contribution in [2.75, 3.05) is 25.2 Å². The second-order valence-electron chi connectivity index (χ2n) is 3.85. The molecule has 0 aromatic heterocycles. The Morgan fingerprint density at radius 3 is 2.33 bits per heavy atom. The third-order valence-electron chi connectivity index (χ3n) is 2.61. The second kappa shape index (κ2) is 6.45. The number of hydrogen-bond donors (Lipinski definition) is 1. The van der Waals surface area contributed by atoms with Gasteiger partial charge in [0, 0.05) is 12.9 Å². The van der Waals surface area contributed by atoms with Crippen LogP contribution in [0.5, 0.6) is 0 Å². The summed E-state index contributed by atoms with van der Waals surface area (Å²) in [5.74, 6) is 0.317. The highest BCUT2D eigenvalue weighted by molar-refractivity contribution is 7.91. The van der Waals surface area contributed by atoms with Crippen molar-refractivity contribution in [1.82, 2.24) is 0 Å². The summed E-state index contributed by atoms with van der Waals surface area (Å²) in [5, 5.41) is 9.97. The van der Waals surface area contributed by atoms with Crippen LogP contribution < -0.4 is 0 Å². The van der Waals surface area contributed by atoms with Gasteiger partial charge in [0.25, 0.3) is 0 Å². The molecule has 0 heterocycles. The smallest absolute Gasteiger partial charge is 0.150 e. The van der Waals surface area contributed by atoms with E-state index in [2.05, 4.69) is 0 Å². The van der Waals surface area contributed by atoms with Crippen LogP contribution in [0, 0.1) is 0 Å². The van der Waals surface area contributed by atoms with Crippen LogP contribution in [-0.4, -0.2) is 44.3 Å². The van der Waals surface area contributed by atoms with Gasteiger partial charge in [-0.1, -0.05) is 13.8 Å². The second-order valence-corrected chi connectivity index (χ2v) is 6.32. The van der Waals surface area contributed by atoms with Crippen molar-refractivity contribution in [2.45, 2.75) is 38.7 Å². The number of rotatable bonds is 8. The van der Waals surface area contributed by atoms with E-state index in [1.54, 1.807) is 6.92 Å². The maximum atomic E-state index is 11.2. The average Bonchev–Trinajstić information content (AvgIpc) is 2.18. The molecule has 0 fully saturated rings. The predicted molar refractivity (Wildman–Crippen MR) is 60.7 cm³/mol. The van der Waals surface area contributed by atoms with Crippen molar-refractivity contribution in [3.8, 4) is 0 Å². The van der Waals surface area contributed by atoms with E-state index in [-0.39, 0.29) is 18.1 Å². The lowest BCUT2D eigenvalue weighted by atomic mass is 9.96. The van der Waals surface area contributed by atoms with E-state index in [1.165, 1.54) is 7.11 Å². The number of hydrogen-bond acceptors (Lipinski definition) is 4. The molecule has 5 heteroatoms. The van der Waals surface area contributed by atoms with Crippen molar-refractivity contribution < 1.29 is 18.3 Å². The van der Waals surface area contributed by atoms with Crippen molar-refractivity contribution in [3.05, 3.63) is 0 Å². The van der Waals surface area contributed by atoms with Crippen molar-refractivity contribution in [3.63, 3.8) is 0 Å². The van der Waals surface area contributed by atoms with Crippen LogP contribution >= 0.6 is 0 Å². The van der Waals surface area contributed by atoms with Crippen LogP contribution in [0.15, 0.2) is 0 Å². The number of methoxy groups -OCH3 is 1. The van der Waals surface area contributed by atoms with Crippen LogP contribution in [0.3, 0.4) is 0 Å². The third-order valence-corrected chi connectivity index (χ3v) is 4.40. The Kier molecular flexibility index (Phi) is 6.40. The Hall–Kier alpha value is -0.130. The fraction of sp³-hybridized carbons (Fsp3) is 1.00. The topological polar surface area (TPSA) is 63.6 Å². The Balaban J connectivity index is 4.03. The molecular formula is C10H22O4S. The molecule has 1 N–H and O–H groups in total. The zero-order chi connectivity index (χ0) is 11.9. The minimum Gasteiger partial charge on any atom is -0.387 e. The Morgan fingerprint density at radius 1 is 1.33 bits per heavy atom. The highest BCUT2D eigenvalue weighted by Crippen LogP contribution is 2.18. The largest absolute Gasteiger partial charge is 0.387 e. The van der Waals surface area contributed by atoms with Crippen LogP contribution in [0.25, 0.3) is 0 Å². The Labute approximate surface area is 92.6 Å². The minimum absolute atomic E-state index is 0.148. The molecule has 0 bridgehead atoms. The normalized spacial score (nSPS) is 16.3. The number of aliphatic hydroxyl groups is 1. The lowest BCUT2D eigenvalue weighted by Crippen LogP contribution is -2.33. The molecule has 1 unspecified atom stereocenters. The SMILES string of the molecule is CCC(O)(CCCS(=O)(=O)CC)COC. The zero-order valence-corrected chi connectivity index (χ0v) is 10.6. The summed E-state index contributed by atoms with van der Waals surface area (Å²) < 4.78 is 27.3. The van der Waals surface area contributed by atoms with Crippen molar-refractivity contribution in [2.24, 2.45) is 0 Å². The first-order valence-electron chi connectivity index (χ1n) is 5.31. The van der Waals surface area contributed by atoms with Crippen LogP contribution in [0.4, 0.5) is 0 Å². The lowest BCUT2D eigenvalue weighted by molar-refractivity contribution is -0.0399. The average molecular weight is 238 g/mol. The maximum Gasteiger partial charge on any atom is 0.150 e. The minimum atomic E-state index is -2.92. The van der Waals surface area contributed by atoms with Crippen LogP contribution in [0.1, 0.15) is 33.1 Å². The van der Waals surface area contributed by atoms with E-state index in [1.807, 2.05) is 6.92 Å². The van der Waals surface area contributed by atoms with E-state index in [0.29, 0.717) is 19.3 Å². The molecule has 0 rings (SSSR count). The van der Waals surface area contributed by atoms with Gasteiger partial charge in [0.2, 0.25) is 0 Å². The molecule has 0 aliphatic rings.